The molecule has 0 radical (unpaired) electrons. The normalized spacial score (nSPS) is 39.8. The van der Waals surface area contributed by atoms with Crippen LogP contribution in [0.1, 0.15) is 59.8 Å². The highest BCUT2D eigenvalue weighted by Gasteiger charge is 2.53. The Morgan fingerprint density at radius 3 is 2.58 bits per heavy atom. The lowest BCUT2D eigenvalue weighted by Gasteiger charge is -2.58. The molecule has 0 aromatic rings. The van der Waals surface area contributed by atoms with Gasteiger partial charge in [-0.25, -0.2) is 0 Å². The van der Waals surface area contributed by atoms with E-state index in [2.05, 4.69) is 33.8 Å². The fourth-order valence-corrected chi connectivity index (χ4v) is 5.38. The molecule has 3 aliphatic rings. The largest absolute Gasteiger partial charge is 0.395 e. The molecule has 0 heterocycles. The standard InChI is InChI=1S/C21H29NO2/c1-13-6-5-7-19-20(13,3)9-8-14(2)21(19,4)12-15-10-18(24)16(22)11-17(15)23/h6,10-11,14,19H,5,7-9,12,22H2,1-4H3/t14-,19+,20+,21+/m0/s1. The van der Waals surface area contributed by atoms with Crippen molar-refractivity contribution in [3.63, 3.8) is 0 Å². The van der Waals surface area contributed by atoms with Gasteiger partial charge in [0.1, 0.15) is 0 Å². The number of hydrogen-bond donors (Lipinski definition) is 1. The molecule has 24 heavy (non-hydrogen) atoms. The lowest BCUT2D eigenvalue weighted by molar-refractivity contribution is -0.116. The van der Waals surface area contributed by atoms with Crippen molar-refractivity contribution < 1.29 is 9.59 Å². The predicted octanol–water partition coefficient (Wildman–Crippen LogP) is 4.10. The number of carbonyl (C=O) groups excluding carboxylic acids is 2. The zero-order valence-corrected chi connectivity index (χ0v) is 15.3. The molecule has 1 saturated carbocycles. The second kappa shape index (κ2) is 5.72. The first-order valence-electron chi connectivity index (χ1n) is 9.12. The van der Waals surface area contributed by atoms with Crippen molar-refractivity contribution in [3.8, 4) is 0 Å². The maximum absolute atomic E-state index is 12.4. The van der Waals surface area contributed by atoms with E-state index < -0.39 is 0 Å². The first-order valence-corrected chi connectivity index (χ1v) is 9.12. The molecule has 0 aliphatic heterocycles. The van der Waals surface area contributed by atoms with Crippen molar-refractivity contribution in [2.24, 2.45) is 28.4 Å². The molecule has 4 atom stereocenters. The lowest BCUT2D eigenvalue weighted by Crippen LogP contribution is -2.50. The molecule has 3 heteroatoms. The van der Waals surface area contributed by atoms with Crippen molar-refractivity contribution in [1.82, 2.24) is 0 Å². The highest BCUT2D eigenvalue weighted by atomic mass is 16.1. The van der Waals surface area contributed by atoms with Crippen LogP contribution in [-0.2, 0) is 9.59 Å². The second-order valence-electron chi connectivity index (χ2n) is 8.55. The third-order valence-corrected chi connectivity index (χ3v) is 7.36. The molecule has 0 bridgehead atoms. The van der Waals surface area contributed by atoms with Crippen molar-refractivity contribution in [2.75, 3.05) is 0 Å². The maximum atomic E-state index is 12.4. The van der Waals surface area contributed by atoms with Crippen LogP contribution in [-0.4, -0.2) is 11.6 Å². The number of ketones is 2. The van der Waals surface area contributed by atoms with Crippen molar-refractivity contribution in [2.45, 2.75) is 59.8 Å². The van der Waals surface area contributed by atoms with Crippen LogP contribution in [0.3, 0.4) is 0 Å². The van der Waals surface area contributed by atoms with E-state index in [0.29, 0.717) is 23.8 Å². The SMILES string of the molecule is CC1=CCC[C@H]2[C@](C)(CC3=CC(=O)C(N)=CC3=O)[C@@H](C)CC[C@]12C. The summed E-state index contributed by atoms with van der Waals surface area (Å²) in [6.07, 6.45) is 10.5. The van der Waals surface area contributed by atoms with Gasteiger partial charge < -0.3 is 5.73 Å². The molecule has 0 amide bonds. The molecule has 2 N–H and O–H groups in total. The summed E-state index contributed by atoms with van der Waals surface area (Å²) >= 11 is 0. The molecule has 0 saturated heterocycles. The van der Waals surface area contributed by atoms with Gasteiger partial charge in [0, 0.05) is 11.6 Å². The third-order valence-electron chi connectivity index (χ3n) is 7.36. The number of nitrogens with two attached hydrogens (primary N) is 1. The average Bonchev–Trinajstić information content (AvgIpc) is 2.51. The van der Waals surface area contributed by atoms with Gasteiger partial charge in [-0.2, -0.15) is 0 Å². The minimum absolute atomic E-state index is 0.0320. The third kappa shape index (κ3) is 2.49. The van der Waals surface area contributed by atoms with E-state index in [4.69, 9.17) is 5.73 Å². The van der Waals surface area contributed by atoms with E-state index in [0.717, 1.165) is 6.42 Å². The Kier molecular flexibility index (Phi) is 4.09. The number of fused-ring (bicyclic) bond motifs is 1. The van der Waals surface area contributed by atoms with Gasteiger partial charge in [0.05, 0.1) is 5.70 Å². The monoisotopic (exact) mass is 327 g/mol. The quantitative estimate of drug-likeness (QED) is 0.613. The molecule has 3 aliphatic carbocycles. The fraction of sp³-hybridized carbons (Fsp3) is 0.619. The Morgan fingerprint density at radius 1 is 1.17 bits per heavy atom. The number of hydrogen-bond acceptors (Lipinski definition) is 3. The Balaban J connectivity index is 1.96. The van der Waals surface area contributed by atoms with E-state index in [1.807, 2.05) is 0 Å². The summed E-state index contributed by atoms with van der Waals surface area (Å²) in [5.41, 5.74) is 8.06. The lowest BCUT2D eigenvalue weighted by atomic mass is 9.46. The summed E-state index contributed by atoms with van der Waals surface area (Å²) in [7, 11) is 0. The van der Waals surface area contributed by atoms with Gasteiger partial charge in [-0.05, 0) is 67.8 Å². The predicted molar refractivity (Wildman–Crippen MR) is 96.1 cm³/mol. The van der Waals surface area contributed by atoms with E-state index in [1.54, 1.807) is 0 Å². The van der Waals surface area contributed by atoms with Gasteiger partial charge in [-0.3, -0.25) is 9.59 Å². The van der Waals surface area contributed by atoms with E-state index >= 15 is 0 Å². The molecule has 3 nitrogen and oxygen atoms in total. The van der Waals surface area contributed by atoms with Crippen molar-refractivity contribution >= 4 is 11.6 Å². The fourth-order valence-electron chi connectivity index (χ4n) is 5.38. The van der Waals surface area contributed by atoms with Crippen LogP contribution in [0.15, 0.2) is 35.1 Å². The summed E-state index contributed by atoms with van der Waals surface area (Å²) in [4.78, 5) is 24.3. The number of rotatable bonds is 2. The Bertz CT molecular complexity index is 684. The second-order valence-corrected chi connectivity index (χ2v) is 8.55. The summed E-state index contributed by atoms with van der Waals surface area (Å²) in [5.74, 6) is 0.773. The molecule has 1 fully saturated rings. The average molecular weight is 327 g/mol. The molecule has 130 valence electrons. The minimum Gasteiger partial charge on any atom is -0.395 e. The molecule has 0 aromatic heterocycles. The minimum atomic E-state index is -0.223. The molecule has 0 unspecified atom stereocenters. The highest BCUT2D eigenvalue weighted by Crippen LogP contribution is 2.62. The van der Waals surface area contributed by atoms with Gasteiger partial charge in [-0.1, -0.05) is 32.4 Å². The molecule has 3 rings (SSSR count). The van der Waals surface area contributed by atoms with Crippen LogP contribution in [0.4, 0.5) is 0 Å². The summed E-state index contributed by atoms with van der Waals surface area (Å²) in [6.45, 7) is 9.30. The summed E-state index contributed by atoms with van der Waals surface area (Å²) < 4.78 is 0. The summed E-state index contributed by atoms with van der Waals surface area (Å²) in [6, 6.07) is 0. The highest BCUT2D eigenvalue weighted by molar-refractivity contribution is 6.19. The van der Waals surface area contributed by atoms with Crippen LogP contribution < -0.4 is 5.73 Å². The number of allylic oxidation sites excluding steroid dienone is 5. The maximum Gasteiger partial charge on any atom is 0.201 e. The Labute approximate surface area is 145 Å². The molecule has 0 spiro atoms. The van der Waals surface area contributed by atoms with Gasteiger partial charge >= 0.3 is 0 Å². The molecular weight excluding hydrogens is 298 g/mol. The zero-order chi connectivity index (χ0) is 17.7. The van der Waals surface area contributed by atoms with Crippen molar-refractivity contribution in [1.29, 1.82) is 0 Å². The van der Waals surface area contributed by atoms with Crippen LogP contribution in [0.2, 0.25) is 0 Å². The van der Waals surface area contributed by atoms with Crippen LogP contribution in [0.5, 0.6) is 0 Å². The topological polar surface area (TPSA) is 60.2 Å². The van der Waals surface area contributed by atoms with Gasteiger partial charge in [0.25, 0.3) is 0 Å². The Morgan fingerprint density at radius 2 is 1.88 bits per heavy atom. The van der Waals surface area contributed by atoms with Crippen molar-refractivity contribution in [3.05, 3.63) is 35.1 Å². The zero-order valence-electron chi connectivity index (χ0n) is 15.3. The van der Waals surface area contributed by atoms with Gasteiger partial charge in [0.15, 0.2) is 5.78 Å². The van der Waals surface area contributed by atoms with E-state index in [9.17, 15) is 9.59 Å². The smallest absolute Gasteiger partial charge is 0.201 e. The Hall–Kier alpha value is -1.64. The van der Waals surface area contributed by atoms with Gasteiger partial charge in [0.2, 0.25) is 5.78 Å². The molecular formula is C21H29NO2. The first kappa shape index (κ1) is 17.2. The van der Waals surface area contributed by atoms with Crippen LogP contribution in [0, 0.1) is 22.7 Å². The van der Waals surface area contributed by atoms with Gasteiger partial charge in [-0.15, -0.1) is 0 Å². The van der Waals surface area contributed by atoms with Crippen LogP contribution in [0.25, 0.3) is 0 Å². The van der Waals surface area contributed by atoms with Crippen LogP contribution >= 0.6 is 0 Å². The van der Waals surface area contributed by atoms with E-state index in [1.165, 1.54) is 37.0 Å². The first-order chi connectivity index (χ1) is 11.2. The number of carbonyl (C=O) groups is 2. The molecule has 0 aromatic carbocycles. The summed E-state index contributed by atoms with van der Waals surface area (Å²) in [5, 5.41) is 0. The van der Waals surface area contributed by atoms with E-state index in [-0.39, 0.29) is 28.1 Å².